The number of nitrogens with one attached hydrogen (secondary N) is 2. The number of rotatable bonds is 7. The molecule has 3 N–H and O–H groups in total. The van der Waals surface area contributed by atoms with Crippen molar-refractivity contribution < 1.29 is 23.5 Å². The Hall–Kier alpha value is -1.23. The minimum atomic E-state index is -2.43. The minimum absolute atomic E-state index is 0.0368. The van der Waals surface area contributed by atoms with Crippen molar-refractivity contribution in [2.75, 3.05) is 12.4 Å². The Balaban J connectivity index is 2.13. The Bertz CT molecular complexity index is 1120. The zero-order valence-corrected chi connectivity index (χ0v) is 26.4. The van der Waals surface area contributed by atoms with Gasteiger partial charge in [0.2, 0.25) is 0 Å². The number of carbonyl (C=O) groups is 1. The molecule has 13 heteroatoms. The molecule has 37 heavy (non-hydrogen) atoms. The Morgan fingerprint density at radius 3 is 2.24 bits per heavy atom. The fourth-order valence-electron chi connectivity index (χ4n) is 3.94. The maximum Gasteiger partial charge on any atom is 0.330 e. The second-order valence-corrected chi connectivity index (χ2v) is 23.9. The van der Waals surface area contributed by atoms with Crippen molar-refractivity contribution in [1.29, 1.82) is 0 Å². The molecule has 1 spiro atoms. The molecule has 0 aliphatic carbocycles. The summed E-state index contributed by atoms with van der Waals surface area (Å²) in [6.07, 6.45) is -0.791. The maximum atomic E-state index is 12.9. The van der Waals surface area contributed by atoms with Gasteiger partial charge >= 0.3 is 11.7 Å². The molecule has 0 saturated carbocycles. The van der Waals surface area contributed by atoms with Gasteiger partial charge in [0.15, 0.2) is 22.9 Å². The van der Waals surface area contributed by atoms with Gasteiger partial charge in [-0.2, -0.15) is 0 Å². The van der Waals surface area contributed by atoms with E-state index in [1.54, 1.807) is 0 Å². The van der Waals surface area contributed by atoms with E-state index >= 15 is 0 Å². The monoisotopic (exact) mass is 573 g/mol. The van der Waals surface area contributed by atoms with E-state index in [4.69, 9.17) is 13.6 Å². The molecule has 3 rings (SSSR count). The second kappa shape index (κ2) is 10.1. The molecule has 1 aromatic rings. The van der Waals surface area contributed by atoms with Crippen LogP contribution < -0.4 is 16.6 Å². The highest BCUT2D eigenvalue weighted by Gasteiger charge is 2.64. The van der Waals surface area contributed by atoms with Gasteiger partial charge in [0.05, 0.1) is 6.61 Å². The third-order valence-electron chi connectivity index (χ3n) is 8.41. The highest BCUT2D eigenvalue weighted by molar-refractivity contribution is 8.01. The molecule has 1 aromatic heterocycles. The van der Waals surface area contributed by atoms with E-state index in [2.05, 4.69) is 78.0 Å². The Labute approximate surface area is 225 Å². The van der Waals surface area contributed by atoms with Crippen LogP contribution in [-0.2, 0) is 18.4 Å². The average molecular weight is 574 g/mol. The van der Waals surface area contributed by atoms with E-state index < -0.39 is 63.2 Å². The van der Waals surface area contributed by atoms with Crippen molar-refractivity contribution in [3.63, 3.8) is 0 Å². The summed E-state index contributed by atoms with van der Waals surface area (Å²) < 4.78 is 21.4. The molecule has 0 aromatic carbocycles. The zero-order valence-electron chi connectivity index (χ0n) is 23.6. The van der Waals surface area contributed by atoms with Crippen molar-refractivity contribution in [3.05, 3.63) is 33.1 Å². The molecule has 0 amide bonds. The Morgan fingerprint density at radius 1 is 1.16 bits per heavy atom. The number of nitrogens with zero attached hydrogens (tertiary/aromatic N) is 1. The number of H-pyrrole nitrogens is 1. The van der Waals surface area contributed by atoms with Gasteiger partial charge in [0.25, 0.3) is 5.56 Å². The summed E-state index contributed by atoms with van der Waals surface area (Å²) in [5.41, 5.74) is -1.12. The molecule has 2 saturated heterocycles. The number of hydrogen-bond acceptors (Lipinski definition) is 8. The molecular weight excluding hydrogens is 531 g/mol. The Morgan fingerprint density at radius 2 is 1.76 bits per heavy atom. The first-order chi connectivity index (χ1) is 16.7. The lowest BCUT2D eigenvalue weighted by molar-refractivity contribution is -0.139. The van der Waals surface area contributed by atoms with Gasteiger partial charge in [0.1, 0.15) is 23.1 Å². The van der Waals surface area contributed by atoms with Gasteiger partial charge in [-0.1, -0.05) is 41.5 Å². The predicted octanol–water partition coefficient (Wildman–Crippen LogP) is 3.33. The molecule has 5 atom stereocenters. The highest BCUT2D eigenvalue weighted by Crippen LogP contribution is 2.52. The van der Waals surface area contributed by atoms with Crippen molar-refractivity contribution in [2.24, 2.45) is 0 Å². The van der Waals surface area contributed by atoms with Gasteiger partial charge in [-0.3, -0.25) is 24.5 Å². The minimum Gasteiger partial charge on any atom is -0.480 e. The normalized spacial score (nSPS) is 29.2. The summed E-state index contributed by atoms with van der Waals surface area (Å²) in [5.74, 6) is -0.635. The van der Waals surface area contributed by atoms with E-state index in [0.29, 0.717) is 5.75 Å². The first kappa shape index (κ1) is 30.3. The lowest BCUT2D eigenvalue weighted by Crippen LogP contribution is -2.61. The van der Waals surface area contributed by atoms with Gasteiger partial charge < -0.3 is 18.7 Å². The van der Waals surface area contributed by atoms with Crippen LogP contribution in [0.2, 0.25) is 36.3 Å². The van der Waals surface area contributed by atoms with E-state index in [-0.39, 0.29) is 16.7 Å². The molecule has 10 nitrogen and oxygen atoms in total. The topological polar surface area (TPSA) is 132 Å². The third kappa shape index (κ3) is 5.87. The van der Waals surface area contributed by atoms with Crippen molar-refractivity contribution >= 4 is 34.4 Å². The SMILES string of the molecule is CC(C)(C)[Si](C)(C)OC[C@H]1O[C@@H](n2ccc(=O)[nH]c2=O)[C@H](O[Si](C)(C)C(C)(C)C)[C@@]12N[C@H](C(=O)O)CS2. The first-order valence-electron chi connectivity index (χ1n) is 12.6. The molecule has 0 unspecified atom stereocenters. The molecule has 0 bridgehead atoms. The van der Waals surface area contributed by atoms with Crippen LogP contribution in [0.4, 0.5) is 0 Å². The van der Waals surface area contributed by atoms with Crippen molar-refractivity contribution in [3.8, 4) is 0 Å². The molecule has 3 heterocycles. The predicted molar refractivity (Wildman–Crippen MR) is 150 cm³/mol. The van der Waals surface area contributed by atoms with Gasteiger partial charge in [0, 0.05) is 18.0 Å². The summed E-state index contributed by atoms with van der Waals surface area (Å²) in [7, 11) is -4.61. The quantitative estimate of drug-likeness (QED) is 0.420. The van der Waals surface area contributed by atoms with Crippen LogP contribution in [0.15, 0.2) is 21.9 Å². The average Bonchev–Trinajstić information content (AvgIpc) is 3.29. The first-order valence-corrected chi connectivity index (χ1v) is 19.5. The van der Waals surface area contributed by atoms with Gasteiger partial charge in [-0.05, 0) is 36.3 Å². The molecule has 2 aliphatic heterocycles. The summed E-state index contributed by atoms with van der Waals surface area (Å²) in [6.45, 7) is 21.6. The fourth-order valence-corrected chi connectivity index (χ4v) is 7.85. The summed E-state index contributed by atoms with van der Waals surface area (Å²) in [6, 6.07) is 0.468. The summed E-state index contributed by atoms with van der Waals surface area (Å²) in [5, 5.41) is 13.0. The fraction of sp³-hybridized carbons (Fsp3) is 0.792. The van der Waals surface area contributed by atoms with Crippen molar-refractivity contribution in [1.82, 2.24) is 14.9 Å². The molecule has 2 aliphatic rings. The standard InChI is InChI=1S/C24H43N3O7SSi2/c1-22(2,3)36(7,8)32-13-16-24(26-15(14-35-24)20(29)30)18(34-37(9,10)23(4,5)6)19(33-16)27-12-11-17(28)25-21(27)31/h11-12,15-16,18-19,26H,13-14H2,1-10H3,(H,29,30)(H,25,28,31)/t15-,16+,18-,19+,24+/m0/s1. The number of ether oxygens (including phenoxy) is 1. The molecule has 0 radical (unpaired) electrons. The van der Waals surface area contributed by atoms with Crippen LogP contribution in [0.5, 0.6) is 0 Å². The highest BCUT2D eigenvalue weighted by atomic mass is 32.2. The smallest absolute Gasteiger partial charge is 0.330 e. The number of thioether (sulfide) groups is 1. The van der Waals surface area contributed by atoms with Gasteiger partial charge in [-0.15, -0.1) is 11.8 Å². The van der Waals surface area contributed by atoms with Crippen molar-refractivity contribution in [2.45, 2.75) is 107 Å². The second-order valence-electron chi connectivity index (χ2n) is 13.0. The lowest BCUT2D eigenvalue weighted by Gasteiger charge is -2.44. The van der Waals surface area contributed by atoms with Crippen LogP contribution in [0.3, 0.4) is 0 Å². The largest absolute Gasteiger partial charge is 0.480 e. The van der Waals surface area contributed by atoms with Crippen LogP contribution in [0, 0.1) is 0 Å². The summed E-state index contributed by atoms with van der Waals surface area (Å²) in [4.78, 5) is 38.1. The molecule has 210 valence electrons. The zero-order chi connectivity index (χ0) is 28.2. The number of aliphatic carboxylic acids is 1. The van der Waals surface area contributed by atoms with E-state index in [0.717, 1.165) is 0 Å². The number of carboxylic acid groups (broad SMARTS) is 1. The number of carboxylic acids is 1. The van der Waals surface area contributed by atoms with E-state index in [1.165, 1.54) is 28.6 Å². The Kier molecular flexibility index (Phi) is 8.25. The summed E-state index contributed by atoms with van der Waals surface area (Å²) >= 11 is 1.45. The molecule has 2 fully saturated rings. The number of aromatic amines is 1. The van der Waals surface area contributed by atoms with E-state index in [1.807, 2.05) is 0 Å². The molecular formula is C24H43N3O7SSi2. The van der Waals surface area contributed by atoms with Crippen LogP contribution >= 0.6 is 11.8 Å². The number of hydrogen-bond donors (Lipinski definition) is 3. The third-order valence-corrected chi connectivity index (χ3v) is 19.0. The van der Waals surface area contributed by atoms with E-state index in [9.17, 15) is 19.5 Å². The maximum absolute atomic E-state index is 12.9. The van der Waals surface area contributed by atoms with Crippen LogP contribution in [0.25, 0.3) is 0 Å². The van der Waals surface area contributed by atoms with Crippen LogP contribution in [0.1, 0.15) is 47.8 Å². The lowest BCUT2D eigenvalue weighted by atomic mass is 10.1. The van der Waals surface area contributed by atoms with Gasteiger partial charge in [-0.25, -0.2) is 4.79 Å². The van der Waals surface area contributed by atoms with Crippen LogP contribution in [-0.4, -0.2) is 72.7 Å². The number of aromatic nitrogens is 2.